The molecule has 3 aromatic rings. The molecule has 158 valence electrons. The summed E-state index contributed by atoms with van der Waals surface area (Å²) in [6, 6.07) is 17.4. The standard InChI is InChI=1S/C25H32N4O/c1-18(2)22-10-8-21(9-11-22)17-28-12-14-29(15-13-28)20(4)24-26-27-25(30-24)23-7-5-6-19(3)16-23/h5-11,16,18,20H,12-15,17H2,1-4H3/t20-/m0/s1. The van der Waals surface area contributed by atoms with Gasteiger partial charge in [0.15, 0.2) is 0 Å². The Morgan fingerprint density at radius 1 is 0.933 bits per heavy atom. The largest absolute Gasteiger partial charge is 0.419 e. The SMILES string of the molecule is Cc1cccc(-c2nnc([C@H](C)N3CCN(Cc4ccc(C(C)C)cc4)CC3)o2)c1. The van der Waals surface area contributed by atoms with E-state index in [1.54, 1.807) is 0 Å². The zero-order chi connectivity index (χ0) is 21.1. The highest BCUT2D eigenvalue weighted by Crippen LogP contribution is 2.25. The molecular weight excluding hydrogens is 372 g/mol. The minimum atomic E-state index is 0.128. The number of nitrogens with zero attached hydrogens (tertiary/aromatic N) is 4. The van der Waals surface area contributed by atoms with Crippen LogP contribution in [0.3, 0.4) is 0 Å². The van der Waals surface area contributed by atoms with Gasteiger partial charge in [0, 0.05) is 38.3 Å². The van der Waals surface area contributed by atoms with E-state index >= 15 is 0 Å². The highest BCUT2D eigenvalue weighted by atomic mass is 16.4. The predicted octanol–water partition coefficient (Wildman–Crippen LogP) is 5.05. The van der Waals surface area contributed by atoms with Crippen LogP contribution >= 0.6 is 0 Å². The molecular formula is C25H32N4O. The third-order valence-corrected chi connectivity index (χ3v) is 6.07. The van der Waals surface area contributed by atoms with Gasteiger partial charge in [0.2, 0.25) is 11.8 Å². The summed E-state index contributed by atoms with van der Waals surface area (Å²) in [6.07, 6.45) is 0. The molecule has 0 unspecified atom stereocenters. The average molecular weight is 405 g/mol. The van der Waals surface area contributed by atoms with Gasteiger partial charge in [0.05, 0.1) is 6.04 Å². The Hall–Kier alpha value is -2.50. The van der Waals surface area contributed by atoms with Crippen LogP contribution in [-0.2, 0) is 6.54 Å². The Morgan fingerprint density at radius 2 is 1.67 bits per heavy atom. The van der Waals surface area contributed by atoms with E-state index in [1.807, 2.05) is 12.1 Å². The summed E-state index contributed by atoms with van der Waals surface area (Å²) < 4.78 is 6.02. The number of benzene rings is 2. The van der Waals surface area contributed by atoms with E-state index in [0.717, 1.165) is 38.3 Å². The monoisotopic (exact) mass is 404 g/mol. The van der Waals surface area contributed by atoms with Gasteiger partial charge in [-0.3, -0.25) is 9.80 Å². The summed E-state index contributed by atoms with van der Waals surface area (Å²) >= 11 is 0. The van der Waals surface area contributed by atoms with Crippen molar-refractivity contribution in [2.45, 2.75) is 46.2 Å². The number of hydrogen-bond donors (Lipinski definition) is 0. The molecule has 30 heavy (non-hydrogen) atoms. The highest BCUT2D eigenvalue weighted by molar-refractivity contribution is 5.53. The molecule has 0 spiro atoms. The maximum atomic E-state index is 6.02. The second-order valence-electron chi connectivity index (χ2n) is 8.70. The van der Waals surface area contributed by atoms with Gasteiger partial charge in [-0.15, -0.1) is 10.2 Å². The van der Waals surface area contributed by atoms with Crippen LogP contribution in [-0.4, -0.2) is 46.2 Å². The molecule has 5 heteroatoms. The molecule has 0 bridgehead atoms. The maximum Gasteiger partial charge on any atom is 0.247 e. The van der Waals surface area contributed by atoms with E-state index in [2.05, 4.69) is 84.1 Å². The van der Waals surface area contributed by atoms with Crippen LogP contribution in [0.15, 0.2) is 52.9 Å². The first-order chi connectivity index (χ1) is 14.5. The van der Waals surface area contributed by atoms with Gasteiger partial charge in [-0.1, -0.05) is 55.8 Å². The van der Waals surface area contributed by atoms with Crippen LogP contribution in [0.2, 0.25) is 0 Å². The van der Waals surface area contributed by atoms with Crippen molar-refractivity contribution in [2.75, 3.05) is 26.2 Å². The van der Waals surface area contributed by atoms with Gasteiger partial charge in [0.25, 0.3) is 0 Å². The van der Waals surface area contributed by atoms with Crippen molar-refractivity contribution in [3.8, 4) is 11.5 Å². The molecule has 1 aliphatic heterocycles. The van der Waals surface area contributed by atoms with Crippen molar-refractivity contribution in [1.29, 1.82) is 0 Å². The maximum absolute atomic E-state index is 6.02. The van der Waals surface area contributed by atoms with E-state index in [9.17, 15) is 0 Å². The average Bonchev–Trinajstić information content (AvgIpc) is 3.24. The second-order valence-corrected chi connectivity index (χ2v) is 8.70. The van der Waals surface area contributed by atoms with Crippen LogP contribution in [0.1, 0.15) is 55.3 Å². The molecule has 0 radical (unpaired) electrons. The number of aryl methyl sites for hydroxylation is 1. The highest BCUT2D eigenvalue weighted by Gasteiger charge is 2.26. The molecule has 1 fully saturated rings. The Kier molecular flexibility index (Phi) is 6.30. The fraction of sp³-hybridized carbons (Fsp3) is 0.440. The fourth-order valence-corrected chi connectivity index (χ4v) is 4.03. The Bertz CT molecular complexity index is 955. The van der Waals surface area contributed by atoms with Crippen LogP contribution in [0.4, 0.5) is 0 Å². The Balaban J connectivity index is 1.32. The van der Waals surface area contributed by atoms with E-state index in [4.69, 9.17) is 4.42 Å². The van der Waals surface area contributed by atoms with Gasteiger partial charge in [-0.05, 0) is 43.0 Å². The van der Waals surface area contributed by atoms with Crippen molar-refractivity contribution in [1.82, 2.24) is 20.0 Å². The fourth-order valence-electron chi connectivity index (χ4n) is 4.03. The van der Waals surface area contributed by atoms with Crippen LogP contribution in [0.25, 0.3) is 11.5 Å². The van der Waals surface area contributed by atoms with Gasteiger partial charge in [-0.2, -0.15) is 0 Å². The summed E-state index contributed by atoms with van der Waals surface area (Å²) in [7, 11) is 0. The molecule has 0 amide bonds. The predicted molar refractivity (Wildman–Crippen MR) is 120 cm³/mol. The summed E-state index contributed by atoms with van der Waals surface area (Å²) in [5, 5.41) is 8.61. The summed E-state index contributed by atoms with van der Waals surface area (Å²) in [5.41, 5.74) is 4.96. The first-order valence-corrected chi connectivity index (χ1v) is 11.0. The lowest BCUT2D eigenvalue weighted by molar-refractivity contribution is 0.0876. The molecule has 1 aromatic heterocycles. The summed E-state index contributed by atoms with van der Waals surface area (Å²) in [5.74, 6) is 1.88. The van der Waals surface area contributed by atoms with Crippen molar-refractivity contribution >= 4 is 0 Å². The molecule has 2 aromatic carbocycles. The number of hydrogen-bond acceptors (Lipinski definition) is 5. The minimum Gasteiger partial charge on any atom is -0.419 e. The van der Waals surface area contributed by atoms with Crippen molar-refractivity contribution in [3.05, 3.63) is 71.1 Å². The number of rotatable bonds is 6. The Morgan fingerprint density at radius 3 is 2.33 bits per heavy atom. The third kappa shape index (κ3) is 4.79. The first-order valence-electron chi connectivity index (χ1n) is 11.0. The van der Waals surface area contributed by atoms with Crippen molar-refractivity contribution in [2.24, 2.45) is 0 Å². The molecule has 1 atom stereocenters. The lowest BCUT2D eigenvalue weighted by Gasteiger charge is -2.36. The van der Waals surface area contributed by atoms with Crippen LogP contribution in [0, 0.1) is 6.92 Å². The Labute approximate surface area is 179 Å². The van der Waals surface area contributed by atoms with Crippen molar-refractivity contribution < 1.29 is 4.42 Å². The number of aromatic nitrogens is 2. The van der Waals surface area contributed by atoms with E-state index in [0.29, 0.717) is 17.7 Å². The minimum absolute atomic E-state index is 0.128. The molecule has 0 saturated carbocycles. The van der Waals surface area contributed by atoms with E-state index in [-0.39, 0.29) is 6.04 Å². The van der Waals surface area contributed by atoms with Gasteiger partial charge >= 0.3 is 0 Å². The molecule has 5 nitrogen and oxygen atoms in total. The lowest BCUT2D eigenvalue weighted by Crippen LogP contribution is -2.46. The van der Waals surface area contributed by atoms with Crippen LogP contribution < -0.4 is 0 Å². The third-order valence-electron chi connectivity index (χ3n) is 6.07. The lowest BCUT2D eigenvalue weighted by atomic mass is 10.0. The normalized spacial score (nSPS) is 16.8. The topological polar surface area (TPSA) is 45.4 Å². The quantitative estimate of drug-likeness (QED) is 0.575. The summed E-state index contributed by atoms with van der Waals surface area (Å²) in [6.45, 7) is 13.8. The zero-order valence-corrected chi connectivity index (χ0v) is 18.5. The van der Waals surface area contributed by atoms with Gasteiger partial charge < -0.3 is 4.42 Å². The molecule has 2 heterocycles. The molecule has 0 aliphatic carbocycles. The van der Waals surface area contributed by atoms with E-state index in [1.165, 1.54) is 16.7 Å². The smallest absolute Gasteiger partial charge is 0.247 e. The first kappa shape index (κ1) is 20.8. The molecule has 1 saturated heterocycles. The summed E-state index contributed by atoms with van der Waals surface area (Å²) in [4.78, 5) is 4.96. The molecule has 1 aliphatic rings. The van der Waals surface area contributed by atoms with Gasteiger partial charge in [-0.25, -0.2) is 0 Å². The van der Waals surface area contributed by atoms with E-state index < -0.39 is 0 Å². The van der Waals surface area contributed by atoms with Crippen LogP contribution in [0.5, 0.6) is 0 Å². The second kappa shape index (κ2) is 9.11. The molecule has 0 N–H and O–H groups in total. The zero-order valence-electron chi connectivity index (χ0n) is 18.5. The van der Waals surface area contributed by atoms with Gasteiger partial charge in [0.1, 0.15) is 0 Å². The number of piperazine rings is 1. The molecule has 4 rings (SSSR count). The van der Waals surface area contributed by atoms with Crippen molar-refractivity contribution in [3.63, 3.8) is 0 Å².